The number of carboxylic acids is 4. The average molecular weight is 1190 g/mol. The van der Waals surface area contributed by atoms with Gasteiger partial charge in [-0.2, -0.15) is 0 Å². The summed E-state index contributed by atoms with van der Waals surface area (Å²) in [5.74, 6) is 1.49. The van der Waals surface area contributed by atoms with Crippen LogP contribution < -0.4 is 9.47 Å². The summed E-state index contributed by atoms with van der Waals surface area (Å²) in [6.07, 6.45) is 19.4. The van der Waals surface area contributed by atoms with Crippen molar-refractivity contribution in [3.8, 4) is 33.8 Å². The molecule has 4 fully saturated rings. The topological polar surface area (TPSA) is 168 Å². The van der Waals surface area contributed by atoms with Gasteiger partial charge in [0.25, 0.3) is 0 Å². The van der Waals surface area contributed by atoms with E-state index in [2.05, 4.69) is 40.7 Å². The SMILES string of the molecule is CC(C)CCC[C@@H](C)[C@H]1CCC2[C@@H]3CC[C@H]4C[C@@H](CCC=C(c5cc(Cl)c(OCc6ccc(-c7ccc(C(=O)O)cc7)cc6)c(C(=O)O)c5)c5cc(Cl)c(OCc6ccc(-c7ccc(C(=O)O)cc7)cc6)c(C(=O)O)c5)CC[C@]4(C)[C@H]3CC[C@@]21C. The summed E-state index contributed by atoms with van der Waals surface area (Å²) in [6.45, 7) is 12.6. The van der Waals surface area contributed by atoms with Gasteiger partial charge in [-0.1, -0.05) is 156 Å². The second-order valence-electron chi connectivity index (χ2n) is 26.0. The number of halogens is 2. The van der Waals surface area contributed by atoms with E-state index in [4.69, 9.17) is 32.7 Å². The number of benzene rings is 6. The van der Waals surface area contributed by atoms with Crippen LogP contribution in [0.2, 0.25) is 10.0 Å². The summed E-state index contributed by atoms with van der Waals surface area (Å²) in [6, 6.07) is 34.5. The number of allylic oxidation sites excluding steroid dienone is 1. The van der Waals surface area contributed by atoms with Crippen molar-refractivity contribution >= 4 is 52.7 Å². The first-order valence-corrected chi connectivity index (χ1v) is 31.4. The summed E-state index contributed by atoms with van der Waals surface area (Å²) in [5.41, 5.74) is 7.28. The zero-order valence-electron chi connectivity index (χ0n) is 49.6. The second kappa shape index (κ2) is 26.0. The molecule has 0 spiro atoms. The molecule has 10 rings (SSSR count). The standard InChI is InChI=1S/C73H80Cl2O10/c1-43(2)8-6-9-44(3)61-30-31-62-58-29-28-56-36-45(32-34-72(56,4)63(58)33-35-73(61,62)5)10-7-11-57(54-37-59(70(80)81)66(64(74)39-54)84-41-46-12-16-48(17-13-46)50-20-24-52(25-21-50)68(76)77)55-38-60(71(82)83)67(65(75)40-55)85-42-47-14-18-49(19-15-47)51-22-26-53(27-23-51)69(78)79/h11-27,37-40,43-45,56,58,61-63H,6-10,28-36,41-42H2,1-5H3,(H,76,77)(H,78,79)(H,80,81)(H,82,83)/t44-,45+,56+,58+,61-,62?,63+,72+,73-/m1/s1. The van der Waals surface area contributed by atoms with Gasteiger partial charge < -0.3 is 29.9 Å². The Morgan fingerprint density at radius 2 is 1.02 bits per heavy atom. The van der Waals surface area contributed by atoms with Crippen LogP contribution in [0.1, 0.15) is 188 Å². The highest BCUT2D eigenvalue weighted by Crippen LogP contribution is 2.69. The van der Waals surface area contributed by atoms with E-state index in [1.54, 1.807) is 60.7 Å². The third kappa shape index (κ3) is 13.3. The normalized spacial score (nSPS) is 23.7. The molecule has 0 saturated heterocycles. The van der Waals surface area contributed by atoms with Gasteiger partial charge >= 0.3 is 23.9 Å². The number of carbonyl (C=O) groups is 4. The number of ether oxygens (including phenoxy) is 2. The third-order valence-electron chi connectivity index (χ3n) is 20.7. The highest BCUT2D eigenvalue weighted by molar-refractivity contribution is 6.33. The summed E-state index contributed by atoms with van der Waals surface area (Å²) in [4.78, 5) is 49.2. The Bertz CT molecular complexity index is 3270. The Kier molecular flexibility index (Phi) is 18.7. The third-order valence-corrected chi connectivity index (χ3v) is 21.2. The van der Waals surface area contributed by atoms with E-state index in [1.165, 1.54) is 82.8 Å². The minimum Gasteiger partial charge on any atom is -0.486 e. The van der Waals surface area contributed by atoms with E-state index in [0.29, 0.717) is 45.8 Å². The van der Waals surface area contributed by atoms with Gasteiger partial charge in [0.05, 0.1) is 21.2 Å². The molecule has 4 aliphatic rings. The Hall–Kier alpha value is -6.88. The van der Waals surface area contributed by atoms with Gasteiger partial charge in [0.15, 0.2) is 11.5 Å². The first-order valence-electron chi connectivity index (χ1n) is 30.7. The van der Waals surface area contributed by atoms with Crippen LogP contribution in [0.3, 0.4) is 0 Å². The Labute approximate surface area is 510 Å². The molecule has 10 nitrogen and oxygen atoms in total. The molecule has 4 aliphatic carbocycles. The monoisotopic (exact) mass is 1190 g/mol. The minimum atomic E-state index is -1.25. The van der Waals surface area contributed by atoms with Gasteiger partial charge in [0.1, 0.15) is 24.3 Å². The lowest BCUT2D eigenvalue weighted by Crippen LogP contribution is -2.53. The van der Waals surface area contributed by atoms with Crippen molar-refractivity contribution in [2.45, 2.75) is 138 Å². The zero-order valence-corrected chi connectivity index (χ0v) is 51.1. The number of fused-ring (bicyclic) bond motifs is 5. The van der Waals surface area contributed by atoms with Crippen LogP contribution in [0, 0.1) is 58.2 Å². The molecule has 6 aromatic rings. The van der Waals surface area contributed by atoms with E-state index >= 15 is 0 Å². The van der Waals surface area contributed by atoms with Gasteiger partial charge in [-0.3, -0.25) is 0 Å². The zero-order chi connectivity index (χ0) is 60.3. The van der Waals surface area contributed by atoms with Crippen molar-refractivity contribution in [3.63, 3.8) is 0 Å². The quantitative estimate of drug-likeness (QED) is 0.0514. The second-order valence-corrected chi connectivity index (χ2v) is 26.9. The molecule has 0 aromatic heterocycles. The van der Waals surface area contributed by atoms with Crippen molar-refractivity contribution in [3.05, 3.63) is 182 Å². The van der Waals surface area contributed by atoms with Gasteiger partial charge in [0.2, 0.25) is 0 Å². The van der Waals surface area contributed by atoms with Crippen molar-refractivity contribution in [1.82, 2.24) is 0 Å². The summed E-state index contributed by atoms with van der Waals surface area (Å²) in [7, 11) is 0. The highest BCUT2D eigenvalue weighted by atomic mass is 35.5. The molecular weight excluding hydrogens is 1110 g/mol. The molecule has 0 aliphatic heterocycles. The number of aromatic carboxylic acids is 4. The van der Waals surface area contributed by atoms with E-state index in [0.717, 1.165) is 81.7 Å². The molecule has 12 heteroatoms. The lowest BCUT2D eigenvalue weighted by Gasteiger charge is -2.61. The van der Waals surface area contributed by atoms with Crippen LogP contribution in [0.4, 0.5) is 0 Å². The van der Waals surface area contributed by atoms with Gasteiger partial charge in [-0.15, -0.1) is 0 Å². The fourth-order valence-electron chi connectivity index (χ4n) is 16.1. The Morgan fingerprint density at radius 1 is 0.553 bits per heavy atom. The van der Waals surface area contributed by atoms with Crippen molar-refractivity contribution in [2.75, 3.05) is 0 Å². The first-order chi connectivity index (χ1) is 40.7. The maximum Gasteiger partial charge on any atom is 0.339 e. The van der Waals surface area contributed by atoms with Gasteiger partial charge in [-0.05, 0) is 227 Å². The molecular formula is C73H80Cl2O10. The summed E-state index contributed by atoms with van der Waals surface area (Å²) in [5, 5.41) is 40.3. The predicted octanol–water partition coefficient (Wildman–Crippen LogP) is 19.2. The van der Waals surface area contributed by atoms with Crippen molar-refractivity contribution < 1.29 is 49.1 Å². The van der Waals surface area contributed by atoms with Crippen LogP contribution in [0.15, 0.2) is 127 Å². The molecule has 85 heavy (non-hydrogen) atoms. The van der Waals surface area contributed by atoms with Crippen molar-refractivity contribution in [1.29, 1.82) is 0 Å². The van der Waals surface area contributed by atoms with Gasteiger partial charge in [0, 0.05) is 0 Å². The lowest BCUT2D eigenvalue weighted by molar-refractivity contribution is -0.121. The van der Waals surface area contributed by atoms with Gasteiger partial charge in [-0.25, -0.2) is 19.2 Å². The molecule has 0 radical (unpaired) electrons. The van der Waals surface area contributed by atoms with Crippen LogP contribution in [0.25, 0.3) is 27.8 Å². The minimum absolute atomic E-state index is 0.00701. The summed E-state index contributed by atoms with van der Waals surface area (Å²) >= 11 is 14.1. The van der Waals surface area contributed by atoms with E-state index in [-0.39, 0.29) is 57.0 Å². The number of hydrogen-bond donors (Lipinski definition) is 4. The van der Waals surface area contributed by atoms with E-state index in [1.807, 2.05) is 48.5 Å². The number of rotatable bonds is 22. The highest BCUT2D eigenvalue weighted by Gasteiger charge is 2.60. The Morgan fingerprint density at radius 3 is 1.49 bits per heavy atom. The smallest absolute Gasteiger partial charge is 0.339 e. The Balaban J connectivity index is 0.885. The average Bonchev–Trinajstić information content (AvgIpc) is 1.77. The fourth-order valence-corrected chi connectivity index (χ4v) is 16.7. The lowest BCUT2D eigenvalue weighted by atomic mass is 9.44. The molecule has 446 valence electrons. The van der Waals surface area contributed by atoms with E-state index < -0.39 is 23.9 Å². The maximum absolute atomic E-state index is 13.2. The van der Waals surface area contributed by atoms with E-state index in [9.17, 15) is 39.6 Å². The molecule has 4 saturated carbocycles. The maximum atomic E-state index is 13.2. The van der Waals surface area contributed by atoms with Crippen LogP contribution in [-0.4, -0.2) is 44.3 Å². The molecule has 4 N–H and O–H groups in total. The van der Waals surface area contributed by atoms with Crippen LogP contribution >= 0.6 is 23.2 Å². The fraction of sp³-hybridized carbons (Fsp3) is 0.425. The molecule has 9 atom stereocenters. The predicted molar refractivity (Wildman–Crippen MR) is 336 cm³/mol. The van der Waals surface area contributed by atoms with Crippen LogP contribution in [0.5, 0.6) is 11.5 Å². The number of carboxylic acid groups (broad SMARTS) is 4. The molecule has 6 aromatic carbocycles. The number of hydrogen-bond acceptors (Lipinski definition) is 6. The van der Waals surface area contributed by atoms with Crippen molar-refractivity contribution in [2.24, 2.45) is 58.2 Å². The summed E-state index contributed by atoms with van der Waals surface area (Å²) < 4.78 is 12.4. The first kappa shape index (κ1) is 61.2. The van der Waals surface area contributed by atoms with Crippen LogP contribution in [-0.2, 0) is 13.2 Å². The largest absolute Gasteiger partial charge is 0.486 e. The molecule has 0 bridgehead atoms. The molecule has 0 amide bonds. The molecule has 1 unspecified atom stereocenters. The molecule has 0 heterocycles.